The predicted octanol–water partition coefficient (Wildman–Crippen LogP) is 4.81. The van der Waals surface area contributed by atoms with Crippen molar-refractivity contribution in [1.29, 1.82) is 0 Å². The van der Waals surface area contributed by atoms with Gasteiger partial charge in [-0.1, -0.05) is 43.9 Å². The van der Waals surface area contributed by atoms with Crippen LogP contribution in [-0.4, -0.2) is 6.54 Å². The van der Waals surface area contributed by atoms with Crippen molar-refractivity contribution in [2.75, 3.05) is 6.54 Å². The lowest BCUT2D eigenvalue weighted by molar-refractivity contribution is 0.175. The zero-order valence-electron chi connectivity index (χ0n) is 12.2. The van der Waals surface area contributed by atoms with Gasteiger partial charge in [0.05, 0.1) is 0 Å². The molecular formula is C17H25ClFN. The first-order valence-electron chi connectivity index (χ1n) is 7.78. The van der Waals surface area contributed by atoms with Gasteiger partial charge in [-0.2, -0.15) is 0 Å². The van der Waals surface area contributed by atoms with Crippen LogP contribution >= 0.6 is 11.6 Å². The van der Waals surface area contributed by atoms with Crippen LogP contribution in [0.1, 0.15) is 44.6 Å². The smallest absolute Gasteiger partial charge is 0.127 e. The zero-order chi connectivity index (χ0) is 14.5. The van der Waals surface area contributed by atoms with Crippen molar-refractivity contribution in [3.05, 3.63) is 34.6 Å². The number of hydrogen-bond donors (Lipinski definition) is 1. The molecule has 2 N–H and O–H groups in total. The molecule has 3 unspecified atom stereocenters. The van der Waals surface area contributed by atoms with Gasteiger partial charge in [0.15, 0.2) is 0 Å². The fourth-order valence-corrected chi connectivity index (χ4v) is 3.88. The van der Waals surface area contributed by atoms with E-state index in [1.54, 1.807) is 12.1 Å². The summed E-state index contributed by atoms with van der Waals surface area (Å²) in [7, 11) is 0. The predicted molar refractivity (Wildman–Crippen MR) is 83.4 cm³/mol. The third-order valence-corrected chi connectivity index (χ3v) is 5.13. The molecule has 20 heavy (non-hydrogen) atoms. The molecule has 0 radical (unpaired) electrons. The molecule has 1 aromatic rings. The Labute approximate surface area is 126 Å². The normalized spacial score (nSPS) is 26.7. The summed E-state index contributed by atoms with van der Waals surface area (Å²) in [6.07, 6.45) is 6.85. The third kappa shape index (κ3) is 3.73. The minimum atomic E-state index is -0.175. The Morgan fingerprint density at radius 2 is 2.10 bits per heavy atom. The van der Waals surface area contributed by atoms with Crippen molar-refractivity contribution in [2.45, 2.75) is 45.4 Å². The molecule has 1 aliphatic carbocycles. The average molecular weight is 298 g/mol. The maximum Gasteiger partial charge on any atom is 0.127 e. The average Bonchev–Trinajstić information content (AvgIpc) is 2.44. The maximum atomic E-state index is 14.0. The molecule has 0 saturated heterocycles. The summed E-state index contributed by atoms with van der Waals surface area (Å²) < 4.78 is 14.0. The first-order chi connectivity index (χ1) is 9.65. The monoisotopic (exact) mass is 297 g/mol. The lowest BCUT2D eigenvalue weighted by Crippen LogP contribution is -2.32. The van der Waals surface area contributed by atoms with Crippen LogP contribution in [0.15, 0.2) is 18.2 Å². The SMILES string of the molecule is CCCC1CCC(CN)C(Cc2c(F)cccc2Cl)C1. The van der Waals surface area contributed by atoms with E-state index in [0.29, 0.717) is 29.0 Å². The Bertz CT molecular complexity index is 415. The van der Waals surface area contributed by atoms with Crippen LogP contribution in [0.4, 0.5) is 4.39 Å². The van der Waals surface area contributed by atoms with Gasteiger partial charge in [0.2, 0.25) is 0 Å². The molecule has 1 aliphatic rings. The van der Waals surface area contributed by atoms with Crippen LogP contribution in [0.3, 0.4) is 0 Å². The Balaban J connectivity index is 2.11. The summed E-state index contributed by atoms with van der Waals surface area (Å²) in [4.78, 5) is 0. The number of hydrogen-bond acceptors (Lipinski definition) is 1. The van der Waals surface area contributed by atoms with Crippen LogP contribution in [0.5, 0.6) is 0 Å². The van der Waals surface area contributed by atoms with Gasteiger partial charge in [-0.25, -0.2) is 4.39 Å². The molecule has 1 fully saturated rings. The molecule has 3 atom stereocenters. The second-order valence-corrected chi connectivity index (χ2v) is 6.54. The molecule has 0 aromatic heterocycles. The highest BCUT2D eigenvalue weighted by atomic mass is 35.5. The molecule has 1 saturated carbocycles. The Morgan fingerprint density at radius 1 is 1.30 bits per heavy atom. The summed E-state index contributed by atoms with van der Waals surface area (Å²) in [5.74, 6) is 1.59. The highest BCUT2D eigenvalue weighted by Crippen LogP contribution is 2.38. The van der Waals surface area contributed by atoms with E-state index in [0.717, 1.165) is 12.3 Å². The van der Waals surface area contributed by atoms with Crippen LogP contribution < -0.4 is 5.73 Å². The van der Waals surface area contributed by atoms with Gasteiger partial charge >= 0.3 is 0 Å². The summed E-state index contributed by atoms with van der Waals surface area (Å²) in [5.41, 5.74) is 6.59. The Morgan fingerprint density at radius 3 is 2.75 bits per heavy atom. The van der Waals surface area contributed by atoms with E-state index in [2.05, 4.69) is 6.92 Å². The fraction of sp³-hybridized carbons (Fsp3) is 0.647. The second-order valence-electron chi connectivity index (χ2n) is 6.13. The number of halogens is 2. The van der Waals surface area contributed by atoms with Crippen LogP contribution in [-0.2, 0) is 6.42 Å². The molecule has 2 rings (SSSR count). The van der Waals surface area contributed by atoms with Crippen molar-refractivity contribution >= 4 is 11.6 Å². The molecule has 0 bridgehead atoms. The molecule has 112 valence electrons. The number of nitrogens with two attached hydrogens (primary N) is 1. The van der Waals surface area contributed by atoms with Crippen molar-refractivity contribution in [3.63, 3.8) is 0 Å². The quantitative estimate of drug-likeness (QED) is 0.829. The van der Waals surface area contributed by atoms with Gasteiger partial charge in [-0.05, 0) is 55.7 Å². The largest absolute Gasteiger partial charge is 0.330 e. The summed E-state index contributed by atoms with van der Waals surface area (Å²) in [6.45, 7) is 2.94. The highest BCUT2D eigenvalue weighted by Gasteiger charge is 2.30. The zero-order valence-corrected chi connectivity index (χ0v) is 13.0. The molecule has 0 spiro atoms. The van der Waals surface area contributed by atoms with Crippen molar-refractivity contribution in [2.24, 2.45) is 23.5 Å². The van der Waals surface area contributed by atoms with Gasteiger partial charge < -0.3 is 5.73 Å². The lowest BCUT2D eigenvalue weighted by atomic mass is 9.70. The number of benzene rings is 1. The first kappa shape index (κ1) is 15.8. The number of rotatable bonds is 5. The van der Waals surface area contributed by atoms with Gasteiger partial charge in [-0.15, -0.1) is 0 Å². The van der Waals surface area contributed by atoms with E-state index in [1.807, 2.05) is 0 Å². The second kappa shape index (κ2) is 7.42. The van der Waals surface area contributed by atoms with Gasteiger partial charge in [0.25, 0.3) is 0 Å². The van der Waals surface area contributed by atoms with E-state index < -0.39 is 0 Å². The minimum absolute atomic E-state index is 0.175. The first-order valence-corrected chi connectivity index (χ1v) is 8.16. The molecule has 3 heteroatoms. The summed E-state index contributed by atoms with van der Waals surface area (Å²) in [5, 5.41) is 0.554. The van der Waals surface area contributed by atoms with Gasteiger partial charge in [-0.3, -0.25) is 0 Å². The third-order valence-electron chi connectivity index (χ3n) is 4.78. The Hall–Kier alpha value is -0.600. The molecule has 1 nitrogen and oxygen atoms in total. The van der Waals surface area contributed by atoms with Gasteiger partial charge in [0.1, 0.15) is 5.82 Å². The standard InChI is InChI=1S/C17H25ClFN/c1-2-4-12-7-8-13(11-20)14(9-12)10-15-16(18)5-3-6-17(15)19/h3,5-6,12-14H,2,4,7-11,20H2,1H3. The van der Waals surface area contributed by atoms with E-state index in [1.165, 1.54) is 38.2 Å². The minimum Gasteiger partial charge on any atom is -0.330 e. The summed E-state index contributed by atoms with van der Waals surface area (Å²) in [6, 6.07) is 4.96. The van der Waals surface area contributed by atoms with Crippen molar-refractivity contribution in [1.82, 2.24) is 0 Å². The molecule has 1 aromatic carbocycles. The molecule has 0 amide bonds. The van der Waals surface area contributed by atoms with E-state index in [-0.39, 0.29) is 5.82 Å². The van der Waals surface area contributed by atoms with Crippen molar-refractivity contribution < 1.29 is 4.39 Å². The lowest BCUT2D eigenvalue weighted by Gasteiger charge is -2.36. The van der Waals surface area contributed by atoms with Crippen LogP contribution in [0, 0.1) is 23.6 Å². The Kier molecular flexibility index (Phi) is 5.86. The van der Waals surface area contributed by atoms with Crippen LogP contribution in [0.2, 0.25) is 5.02 Å². The van der Waals surface area contributed by atoms with Crippen LogP contribution in [0.25, 0.3) is 0 Å². The fourth-order valence-electron chi connectivity index (χ4n) is 3.64. The maximum absolute atomic E-state index is 14.0. The highest BCUT2D eigenvalue weighted by molar-refractivity contribution is 6.31. The molecule has 0 heterocycles. The summed E-state index contributed by atoms with van der Waals surface area (Å²) >= 11 is 6.17. The molecular weight excluding hydrogens is 273 g/mol. The topological polar surface area (TPSA) is 26.0 Å². The van der Waals surface area contributed by atoms with E-state index in [9.17, 15) is 4.39 Å². The van der Waals surface area contributed by atoms with Gasteiger partial charge in [0, 0.05) is 10.6 Å². The molecule has 0 aliphatic heterocycles. The van der Waals surface area contributed by atoms with E-state index in [4.69, 9.17) is 17.3 Å². The van der Waals surface area contributed by atoms with Crippen molar-refractivity contribution in [3.8, 4) is 0 Å². The van der Waals surface area contributed by atoms with E-state index >= 15 is 0 Å².